The SMILES string of the molecule is CN=C(NCCSCc1ccc(C)cc1)NCC1CC(=O)Nc2ccccc21. The molecule has 1 heterocycles. The molecule has 1 aliphatic rings. The number of aliphatic imine (C=N–C) groups is 1. The van der Waals surface area contributed by atoms with Crippen LogP contribution in [-0.2, 0) is 10.5 Å². The molecular formula is C22H28N4OS. The molecule has 3 rings (SSSR count). The Morgan fingerprint density at radius 3 is 2.75 bits per heavy atom. The van der Waals surface area contributed by atoms with Gasteiger partial charge in [0.1, 0.15) is 0 Å². The second kappa shape index (κ2) is 10.2. The highest BCUT2D eigenvalue weighted by Crippen LogP contribution is 2.31. The van der Waals surface area contributed by atoms with Crippen LogP contribution in [0.2, 0.25) is 0 Å². The summed E-state index contributed by atoms with van der Waals surface area (Å²) in [5, 5.41) is 9.66. The van der Waals surface area contributed by atoms with Crippen molar-refractivity contribution >= 4 is 29.3 Å². The molecule has 0 bridgehead atoms. The van der Waals surface area contributed by atoms with Gasteiger partial charge in [-0.3, -0.25) is 9.79 Å². The van der Waals surface area contributed by atoms with Crippen molar-refractivity contribution in [2.45, 2.75) is 25.0 Å². The van der Waals surface area contributed by atoms with Crippen molar-refractivity contribution in [3.05, 3.63) is 65.2 Å². The van der Waals surface area contributed by atoms with Gasteiger partial charge in [0.2, 0.25) is 5.91 Å². The van der Waals surface area contributed by atoms with E-state index in [1.807, 2.05) is 30.0 Å². The van der Waals surface area contributed by atoms with Crippen molar-refractivity contribution in [2.75, 3.05) is 31.2 Å². The van der Waals surface area contributed by atoms with Crippen molar-refractivity contribution in [1.82, 2.24) is 10.6 Å². The van der Waals surface area contributed by atoms with Gasteiger partial charge >= 0.3 is 0 Å². The number of thioether (sulfide) groups is 1. The predicted molar refractivity (Wildman–Crippen MR) is 119 cm³/mol. The summed E-state index contributed by atoms with van der Waals surface area (Å²) in [5.74, 6) is 3.02. The zero-order valence-corrected chi connectivity index (χ0v) is 17.3. The highest BCUT2D eigenvalue weighted by atomic mass is 32.2. The van der Waals surface area contributed by atoms with Crippen LogP contribution in [0.3, 0.4) is 0 Å². The zero-order chi connectivity index (χ0) is 19.8. The molecule has 28 heavy (non-hydrogen) atoms. The fraction of sp³-hybridized carbons (Fsp3) is 0.364. The van der Waals surface area contributed by atoms with Crippen molar-refractivity contribution in [3.63, 3.8) is 0 Å². The van der Waals surface area contributed by atoms with Gasteiger partial charge in [0.15, 0.2) is 5.96 Å². The fourth-order valence-electron chi connectivity index (χ4n) is 3.24. The second-order valence-electron chi connectivity index (χ2n) is 6.95. The minimum atomic E-state index is 0.0703. The van der Waals surface area contributed by atoms with Gasteiger partial charge in [-0.2, -0.15) is 11.8 Å². The van der Waals surface area contributed by atoms with Crippen molar-refractivity contribution < 1.29 is 4.79 Å². The predicted octanol–water partition coefficient (Wildman–Crippen LogP) is 3.52. The minimum Gasteiger partial charge on any atom is -0.356 e. The largest absolute Gasteiger partial charge is 0.356 e. The maximum absolute atomic E-state index is 11.9. The van der Waals surface area contributed by atoms with E-state index in [2.05, 4.69) is 58.2 Å². The van der Waals surface area contributed by atoms with Gasteiger partial charge in [0.25, 0.3) is 0 Å². The quantitative estimate of drug-likeness (QED) is 0.381. The molecule has 6 heteroatoms. The Morgan fingerprint density at radius 2 is 1.96 bits per heavy atom. The first kappa shape index (κ1) is 20.3. The van der Waals surface area contributed by atoms with Crippen LogP contribution in [0.5, 0.6) is 0 Å². The third-order valence-electron chi connectivity index (χ3n) is 4.77. The molecule has 0 saturated heterocycles. The molecule has 2 aromatic carbocycles. The lowest BCUT2D eigenvalue weighted by molar-refractivity contribution is -0.116. The molecule has 1 amide bonds. The van der Waals surface area contributed by atoms with Crippen molar-refractivity contribution in [3.8, 4) is 0 Å². The van der Waals surface area contributed by atoms with Gasteiger partial charge in [-0.05, 0) is 24.1 Å². The molecule has 5 nitrogen and oxygen atoms in total. The molecule has 0 aliphatic carbocycles. The molecule has 1 unspecified atom stereocenters. The summed E-state index contributed by atoms with van der Waals surface area (Å²) in [6.45, 7) is 3.64. The van der Waals surface area contributed by atoms with Gasteiger partial charge in [-0.25, -0.2) is 0 Å². The van der Waals surface area contributed by atoms with Gasteiger partial charge in [0.05, 0.1) is 0 Å². The molecule has 1 aliphatic heterocycles. The van der Waals surface area contributed by atoms with Gasteiger partial charge in [0, 0.05) is 49.7 Å². The number of nitrogens with zero attached hydrogens (tertiary/aromatic N) is 1. The number of fused-ring (bicyclic) bond motifs is 1. The molecule has 1 atom stereocenters. The van der Waals surface area contributed by atoms with E-state index >= 15 is 0 Å². The number of carbonyl (C=O) groups is 1. The second-order valence-corrected chi connectivity index (χ2v) is 8.06. The van der Waals surface area contributed by atoms with E-state index in [1.54, 1.807) is 7.05 Å². The summed E-state index contributed by atoms with van der Waals surface area (Å²) in [6, 6.07) is 16.7. The average molecular weight is 397 g/mol. The normalized spacial score (nSPS) is 16.3. The minimum absolute atomic E-state index is 0.0703. The van der Waals surface area contributed by atoms with Crippen LogP contribution in [0.25, 0.3) is 0 Å². The van der Waals surface area contributed by atoms with E-state index in [0.717, 1.165) is 29.7 Å². The summed E-state index contributed by atoms with van der Waals surface area (Å²) in [4.78, 5) is 16.2. The highest BCUT2D eigenvalue weighted by molar-refractivity contribution is 7.98. The molecule has 0 fully saturated rings. The molecule has 0 spiro atoms. The number of nitrogens with one attached hydrogen (secondary N) is 3. The molecule has 0 radical (unpaired) electrons. The number of hydrogen-bond acceptors (Lipinski definition) is 3. The topological polar surface area (TPSA) is 65.5 Å². The van der Waals surface area contributed by atoms with Crippen LogP contribution in [0, 0.1) is 6.92 Å². The third-order valence-corrected chi connectivity index (χ3v) is 5.80. The summed E-state index contributed by atoms with van der Waals surface area (Å²) in [7, 11) is 1.77. The molecule has 0 saturated carbocycles. The van der Waals surface area contributed by atoms with Crippen LogP contribution >= 0.6 is 11.8 Å². The third kappa shape index (κ3) is 5.76. The number of amides is 1. The summed E-state index contributed by atoms with van der Waals surface area (Å²) >= 11 is 1.90. The molecule has 0 aromatic heterocycles. The lowest BCUT2D eigenvalue weighted by atomic mass is 9.90. The lowest BCUT2D eigenvalue weighted by Crippen LogP contribution is -2.41. The lowest BCUT2D eigenvalue weighted by Gasteiger charge is -2.26. The number of aryl methyl sites for hydroxylation is 1. The van der Waals surface area contributed by atoms with Crippen molar-refractivity contribution in [1.29, 1.82) is 0 Å². The van der Waals surface area contributed by atoms with E-state index < -0.39 is 0 Å². The number of anilines is 1. The van der Waals surface area contributed by atoms with Crippen LogP contribution in [0.15, 0.2) is 53.5 Å². The molecule has 3 N–H and O–H groups in total. The number of hydrogen-bond donors (Lipinski definition) is 3. The van der Waals surface area contributed by atoms with Gasteiger partial charge < -0.3 is 16.0 Å². The summed E-state index contributed by atoms with van der Waals surface area (Å²) in [5.41, 5.74) is 4.75. The Morgan fingerprint density at radius 1 is 1.18 bits per heavy atom. The molecular weight excluding hydrogens is 368 g/mol. The summed E-state index contributed by atoms with van der Waals surface area (Å²) < 4.78 is 0. The first-order valence-electron chi connectivity index (χ1n) is 9.62. The fourth-order valence-corrected chi connectivity index (χ4v) is 4.06. The average Bonchev–Trinajstić information content (AvgIpc) is 2.71. The Bertz CT molecular complexity index is 820. The van der Waals surface area contributed by atoms with Gasteiger partial charge in [-0.1, -0.05) is 48.0 Å². The van der Waals surface area contributed by atoms with Crippen LogP contribution in [0.1, 0.15) is 29.0 Å². The first-order chi connectivity index (χ1) is 13.7. The van der Waals surface area contributed by atoms with E-state index in [1.165, 1.54) is 16.7 Å². The maximum Gasteiger partial charge on any atom is 0.225 e. The first-order valence-corrected chi connectivity index (χ1v) is 10.8. The van der Waals surface area contributed by atoms with E-state index in [9.17, 15) is 4.79 Å². The Kier molecular flexibility index (Phi) is 7.37. The zero-order valence-electron chi connectivity index (χ0n) is 16.5. The number of benzene rings is 2. The summed E-state index contributed by atoms with van der Waals surface area (Å²) in [6.07, 6.45) is 0.493. The van der Waals surface area contributed by atoms with E-state index in [4.69, 9.17) is 0 Å². The van der Waals surface area contributed by atoms with Crippen molar-refractivity contribution in [2.24, 2.45) is 4.99 Å². The molecule has 2 aromatic rings. The smallest absolute Gasteiger partial charge is 0.225 e. The number of carbonyl (C=O) groups excluding carboxylic acids is 1. The van der Waals surface area contributed by atoms with Crippen LogP contribution < -0.4 is 16.0 Å². The Balaban J connectivity index is 1.40. The Labute approximate surface area is 171 Å². The van der Waals surface area contributed by atoms with E-state index in [0.29, 0.717) is 13.0 Å². The number of guanidine groups is 1. The Hall–Kier alpha value is -2.47. The molecule has 148 valence electrons. The maximum atomic E-state index is 11.9. The van der Waals surface area contributed by atoms with Crippen LogP contribution in [0.4, 0.5) is 5.69 Å². The highest BCUT2D eigenvalue weighted by Gasteiger charge is 2.24. The number of rotatable bonds is 7. The number of para-hydroxylation sites is 1. The monoisotopic (exact) mass is 396 g/mol. The standard InChI is InChI=1S/C22H28N4OS/c1-16-7-9-17(10-8-16)15-28-12-11-24-22(23-2)25-14-18-13-21(27)26-20-6-4-3-5-19(18)20/h3-10,18H,11-15H2,1-2H3,(H,26,27)(H2,23,24,25). The van der Waals surface area contributed by atoms with Gasteiger partial charge in [-0.15, -0.1) is 0 Å². The van der Waals surface area contributed by atoms with E-state index in [-0.39, 0.29) is 11.8 Å². The van der Waals surface area contributed by atoms with Crippen LogP contribution in [-0.4, -0.2) is 37.8 Å².